The molecular weight excluding hydrogens is 340 g/mol. The summed E-state index contributed by atoms with van der Waals surface area (Å²) in [6.45, 7) is 1.99. The van der Waals surface area contributed by atoms with E-state index >= 15 is 0 Å². The molecule has 0 unspecified atom stereocenters. The van der Waals surface area contributed by atoms with Crippen LogP contribution in [0.2, 0.25) is 0 Å². The molecule has 4 rings (SSSR count). The van der Waals surface area contributed by atoms with Crippen LogP contribution in [0.4, 0.5) is 5.95 Å². The van der Waals surface area contributed by atoms with Crippen LogP contribution in [-0.4, -0.2) is 26.2 Å². The second-order valence-electron chi connectivity index (χ2n) is 7.15. The van der Waals surface area contributed by atoms with Crippen LogP contribution in [0.3, 0.4) is 0 Å². The summed E-state index contributed by atoms with van der Waals surface area (Å²) in [7, 11) is 1.81. The zero-order valence-electron chi connectivity index (χ0n) is 15.5. The minimum atomic E-state index is -0.165. The van der Waals surface area contributed by atoms with E-state index in [1.165, 1.54) is 12.8 Å². The molecule has 1 fully saturated rings. The van der Waals surface area contributed by atoms with Gasteiger partial charge in [-0.15, -0.1) is 0 Å². The average molecular weight is 362 g/mol. The highest BCUT2D eigenvalue weighted by molar-refractivity contribution is 6.08. The smallest absolute Gasteiger partial charge is 0.232 e. The minimum absolute atomic E-state index is 0.0516. The summed E-state index contributed by atoms with van der Waals surface area (Å²) in [5.74, 6) is 0.824. The van der Waals surface area contributed by atoms with Crippen molar-refractivity contribution >= 4 is 17.6 Å². The highest BCUT2D eigenvalue weighted by Crippen LogP contribution is 2.39. The molecule has 3 aromatic rings. The van der Waals surface area contributed by atoms with E-state index in [4.69, 9.17) is 0 Å². The van der Waals surface area contributed by atoms with E-state index in [1.54, 1.807) is 16.8 Å². The van der Waals surface area contributed by atoms with E-state index in [-0.39, 0.29) is 18.1 Å². The highest BCUT2D eigenvalue weighted by atomic mass is 16.1. The zero-order valence-corrected chi connectivity index (χ0v) is 15.5. The summed E-state index contributed by atoms with van der Waals surface area (Å²) in [6.07, 6.45) is 4.32. The number of aromatic amines is 1. The highest BCUT2D eigenvalue weighted by Gasteiger charge is 2.25. The van der Waals surface area contributed by atoms with E-state index in [1.807, 2.05) is 44.3 Å². The second-order valence-corrected chi connectivity index (χ2v) is 7.15. The van der Waals surface area contributed by atoms with Crippen molar-refractivity contribution in [2.75, 3.05) is 5.32 Å². The second kappa shape index (κ2) is 6.87. The number of ketones is 1. The lowest BCUT2D eigenvalue weighted by Crippen LogP contribution is -2.18. The van der Waals surface area contributed by atoms with Gasteiger partial charge in [0.2, 0.25) is 17.6 Å². The molecule has 6 nitrogen and oxygen atoms in total. The summed E-state index contributed by atoms with van der Waals surface area (Å²) in [5, 5.41) is 2.79. The number of imidazole rings is 1. The lowest BCUT2D eigenvalue weighted by atomic mass is 10.1. The van der Waals surface area contributed by atoms with Gasteiger partial charge in [-0.3, -0.25) is 14.9 Å². The van der Waals surface area contributed by atoms with Crippen molar-refractivity contribution in [1.29, 1.82) is 0 Å². The van der Waals surface area contributed by atoms with Gasteiger partial charge < -0.3 is 9.55 Å². The Morgan fingerprint density at radius 1 is 1.19 bits per heavy atom. The first-order valence-electron chi connectivity index (χ1n) is 9.12. The Morgan fingerprint density at radius 3 is 2.63 bits per heavy atom. The third-order valence-electron chi connectivity index (χ3n) is 4.98. The molecule has 1 amide bonds. The van der Waals surface area contributed by atoms with Gasteiger partial charge >= 0.3 is 0 Å². The predicted octanol–water partition coefficient (Wildman–Crippen LogP) is 3.35. The molecule has 138 valence electrons. The maximum atomic E-state index is 12.7. The Hall–Kier alpha value is -3.15. The number of H-pyrrole nitrogens is 1. The molecule has 1 saturated carbocycles. The van der Waals surface area contributed by atoms with Gasteiger partial charge in [-0.1, -0.05) is 29.8 Å². The number of hydrogen-bond acceptors (Lipinski definition) is 3. The maximum Gasteiger partial charge on any atom is 0.232 e. The fraction of sp³-hybridized carbons (Fsp3) is 0.286. The Balaban J connectivity index is 1.44. The van der Waals surface area contributed by atoms with E-state index in [2.05, 4.69) is 15.3 Å². The third-order valence-corrected chi connectivity index (χ3v) is 4.98. The fourth-order valence-corrected chi connectivity index (χ4v) is 3.15. The molecule has 0 radical (unpaired) electrons. The van der Waals surface area contributed by atoms with Gasteiger partial charge in [0.15, 0.2) is 0 Å². The molecule has 0 saturated heterocycles. The number of benzene rings is 1. The number of carbonyl (C=O) groups is 2. The first-order valence-corrected chi connectivity index (χ1v) is 9.12. The van der Waals surface area contributed by atoms with E-state index in [9.17, 15) is 9.59 Å². The van der Waals surface area contributed by atoms with Gasteiger partial charge in [0.1, 0.15) is 0 Å². The Bertz CT molecular complexity index is 994. The molecule has 0 atom stereocenters. The van der Waals surface area contributed by atoms with Crippen LogP contribution in [0.1, 0.15) is 51.8 Å². The van der Waals surface area contributed by atoms with Gasteiger partial charge in [-0.05, 0) is 31.9 Å². The standard InChI is InChI=1S/C21H22N4O2/c1-13-3-5-15(6-4-13)20(27)18-10-9-16(25(18)2)11-19(26)24-21-22-12-17(23-21)14-7-8-14/h3-6,9-10,12,14H,7-8,11H2,1-2H3,(H2,22,23,24,26). The van der Waals surface area contributed by atoms with Gasteiger partial charge in [0, 0.05) is 29.9 Å². The predicted molar refractivity (Wildman–Crippen MR) is 103 cm³/mol. The first kappa shape index (κ1) is 17.3. The molecule has 1 aliphatic rings. The van der Waals surface area contributed by atoms with Crippen molar-refractivity contribution in [2.45, 2.75) is 32.1 Å². The number of aromatic nitrogens is 3. The molecule has 0 bridgehead atoms. The molecule has 6 heteroatoms. The minimum Gasteiger partial charge on any atom is -0.344 e. The van der Waals surface area contributed by atoms with Crippen LogP contribution in [0.15, 0.2) is 42.6 Å². The zero-order chi connectivity index (χ0) is 19.0. The van der Waals surface area contributed by atoms with Crippen molar-refractivity contribution in [2.24, 2.45) is 7.05 Å². The number of rotatable bonds is 6. The van der Waals surface area contributed by atoms with Crippen LogP contribution in [0, 0.1) is 6.92 Å². The molecule has 1 aromatic carbocycles. The van der Waals surface area contributed by atoms with E-state index < -0.39 is 0 Å². The van der Waals surface area contributed by atoms with Gasteiger partial charge in [0.05, 0.1) is 18.3 Å². The largest absolute Gasteiger partial charge is 0.344 e. The maximum absolute atomic E-state index is 12.7. The van der Waals surface area contributed by atoms with Gasteiger partial charge in [0.25, 0.3) is 0 Å². The van der Waals surface area contributed by atoms with E-state index in [0.717, 1.165) is 17.0 Å². The number of nitrogens with zero attached hydrogens (tertiary/aromatic N) is 2. The lowest BCUT2D eigenvalue weighted by Gasteiger charge is -2.08. The van der Waals surface area contributed by atoms with Crippen LogP contribution < -0.4 is 5.32 Å². The summed E-state index contributed by atoms with van der Waals surface area (Å²) in [4.78, 5) is 32.4. The molecule has 1 aliphatic carbocycles. The number of amides is 1. The van der Waals surface area contributed by atoms with Gasteiger partial charge in [-0.25, -0.2) is 4.98 Å². The van der Waals surface area contributed by atoms with Crippen LogP contribution in [0.25, 0.3) is 0 Å². The third kappa shape index (κ3) is 3.69. The van der Waals surface area contributed by atoms with Crippen molar-refractivity contribution in [3.63, 3.8) is 0 Å². The quantitative estimate of drug-likeness (QED) is 0.660. The van der Waals surface area contributed by atoms with Crippen LogP contribution in [-0.2, 0) is 18.3 Å². The number of anilines is 1. The van der Waals surface area contributed by atoms with Crippen molar-refractivity contribution < 1.29 is 9.59 Å². The lowest BCUT2D eigenvalue weighted by molar-refractivity contribution is -0.115. The Labute approximate surface area is 157 Å². The molecule has 2 aromatic heterocycles. The number of hydrogen-bond donors (Lipinski definition) is 2. The Kier molecular flexibility index (Phi) is 4.39. The van der Waals surface area contributed by atoms with Crippen molar-refractivity contribution in [3.8, 4) is 0 Å². The Morgan fingerprint density at radius 2 is 1.93 bits per heavy atom. The normalized spacial score (nSPS) is 13.6. The van der Waals surface area contributed by atoms with Crippen LogP contribution >= 0.6 is 0 Å². The van der Waals surface area contributed by atoms with Gasteiger partial charge in [-0.2, -0.15) is 0 Å². The SMILES string of the molecule is Cc1ccc(C(=O)c2ccc(CC(=O)Nc3ncc(C4CC4)[nH]3)n2C)cc1. The average Bonchev–Trinajstić information content (AvgIpc) is 3.30. The topological polar surface area (TPSA) is 79.8 Å². The molecule has 2 heterocycles. The number of aryl methyl sites for hydroxylation is 1. The monoisotopic (exact) mass is 362 g/mol. The number of carbonyl (C=O) groups excluding carboxylic acids is 2. The molecule has 0 aliphatic heterocycles. The fourth-order valence-electron chi connectivity index (χ4n) is 3.15. The molecule has 2 N–H and O–H groups in total. The summed E-state index contributed by atoms with van der Waals surface area (Å²) in [6, 6.07) is 11.1. The van der Waals surface area contributed by atoms with E-state index in [0.29, 0.717) is 23.1 Å². The van der Waals surface area contributed by atoms with Crippen molar-refractivity contribution in [3.05, 3.63) is 70.8 Å². The summed E-state index contributed by atoms with van der Waals surface area (Å²) < 4.78 is 1.78. The summed E-state index contributed by atoms with van der Waals surface area (Å²) in [5.41, 5.74) is 4.17. The number of nitrogens with one attached hydrogen (secondary N) is 2. The van der Waals surface area contributed by atoms with Crippen LogP contribution in [0.5, 0.6) is 0 Å². The summed E-state index contributed by atoms with van der Waals surface area (Å²) >= 11 is 0. The molecule has 27 heavy (non-hydrogen) atoms. The first-order chi connectivity index (χ1) is 13.0. The molecular formula is C21H22N4O2. The molecule has 0 spiro atoms. The van der Waals surface area contributed by atoms with Crippen molar-refractivity contribution in [1.82, 2.24) is 14.5 Å².